The van der Waals surface area contributed by atoms with Gasteiger partial charge >= 0.3 is 0 Å². The second-order valence-electron chi connectivity index (χ2n) is 4.66. The lowest BCUT2D eigenvalue weighted by Gasteiger charge is -2.11. The normalized spacial score (nSPS) is 17.4. The number of nitrogens with one attached hydrogen (secondary N) is 2. The highest BCUT2D eigenvalue weighted by atomic mass is 127. The Kier molecular flexibility index (Phi) is 8.25. The van der Waals surface area contributed by atoms with Gasteiger partial charge in [0.05, 0.1) is 6.61 Å². The highest BCUT2D eigenvalue weighted by molar-refractivity contribution is 14.1. The number of amides is 1. The van der Waals surface area contributed by atoms with Crippen LogP contribution in [-0.4, -0.2) is 31.6 Å². The minimum absolute atomic E-state index is 0. The lowest BCUT2D eigenvalue weighted by atomic mass is 10.2. The summed E-state index contributed by atoms with van der Waals surface area (Å²) >= 11 is 2.26. The number of benzene rings is 1. The van der Waals surface area contributed by atoms with Crippen molar-refractivity contribution in [3.8, 4) is 5.75 Å². The molecule has 1 aliphatic rings. The van der Waals surface area contributed by atoms with Crippen LogP contribution in [0.4, 0.5) is 0 Å². The highest BCUT2D eigenvalue weighted by Gasteiger charge is 2.15. The van der Waals surface area contributed by atoms with Crippen LogP contribution in [0.25, 0.3) is 0 Å². The van der Waals surface area contributed by atoms with Crippen LogP contribution >= 0.6 is 35.0 Å². The summed E-state index contributed by atoms with van der Waals surface area (Å²) in [5.41, 5.74) is 0. The van der Waals surface area contributed by atoms with Crippen LogP contribution in [0.1, 0.15) is 19.3 Å². The molecule has 1 fully saturated rings. The molecule has 1 atom stereocenters. The quantitative estimate of drug-likeness (QED) is 0.559. The van der Waals surface area contributed by atoms with Gasteiger partial charge in [-0.25, -0.2) is 0 Å². The van der Waals surface area contributed by atoms with Gasteiger partial charge in [0.25, 0.3) is 0 Å². The Morgan fingerprint density at radius 3 is 2.80 bits per heavy atom. The molecule has 6 heteroatoms. The van der Waals surface area contributed by atoms with Gasteiger partial charge in [-0.3, -0.25) is 4.79 Å². The zero-order valence-corrected chi connectivity index (χ0v) is 14.2. The maximum atomic E-state index is 11.7. The Morgan fingerprint density at radius 1 is 1.40 bits per heavy atom. The maximum absolute atomic E-state index is 11.7. The summed E-state index contributed by atoms with van der Waals surface area (Å²) in [6.07, 6.45) is 2.31. The molecule has 1 aliphatic heterocycles. The Hall–Kier alpha value is -0.530. The fourth-order valence-electron chi connectivity index (χ4n) is 2.03. The van der Waals surface area contributed by atoms with Crippen molar-refractivity contribution >= 4 is 40.9 Å². The van der Waals surface area contributed by atoms with Gasteiger partial charge in [0.1, 0.15) is 5.75 Å². The van der Waals surface area contributed by atoms with Crippen LogP contribution in [0, 0.1) is 3.57 Å². The largest absolute Gasteiger partial charge is 0.494 e. The van der Waals surface area contributed by atoms with Gasteiger partial charge < -0.3 is 15.4 Å². The molecule has 0 radical (unpaired) electrons. The molecule has 20 heavy (non-hydrogen) atoms. The number of halogens is 2. The van der Waals surface area contributed by atoms with E-state index in [4.69, 9.17) is 4.74 Å². The van der Waals surface area contributed by atoms with E-state index in [0.717, 1.165) is 31.7 Å². The van der Waals surface area contributed by atoms with E-state index in [1.54, 1.807) is 0 Å². The molecular weight excluding hydrogens is 391 g/mol. The van der Waals surface area contributed by atoms with E-state index < -0.39 is 0 Å². The Balaban J connectivity index is 0.00000200. The van der Waals surface area contributed by atoms with Crippen LogP contribution in [0.3, 0.4) is 0 Å². The van der Waals surface area contributed by atoms with Crippen molar-refractivity contribution in [2.45, 2.75) is 25.3 Å². The molecule has 1 aromatic carbocycles. The van der Waals surface area contributed by atoms with Crippen molar-refractivity contribution in [2.75, 3.05) is 19.7 Å². The van der Waals surface area contributed by atoms with Crippen LogP contribution in [-0.2, 0) is 4.79 Å². The number of ether oxygens (including phenoxy) is 1. The minimum Gasteiger partial charge on any atom is -0.494 e. The van der Waals surface area contributed by atoms with Crippen molar-refractivity contribution in [3.63, 3.8) is 0 Å². The molecule has 0 saturated carbocycles. The molecule has 1 unspecified atom stereocenters. The average molecular weight is 411 g/mol. The van der Waals surface area contributed by atoms with Crippen molar-refractivity contribution in [2.24, 2.45) is 0 Å². The summed E-state index contributed by atoms with van der Waals surface area (Å²) in [6.45, 7) is 2.47. The van der Waals surface area contributed by atoms with E-state index in [9.17, 15) is 4.79 Å². The molecular formula is C14H20ClIN2O2. The standard InChI is InChI=1S/C14H19IN2O2.ClH/c15-11-3-5-13(6-4-11)19-9-1-2-14(18)17-12-7-8-16-10-12;/h3-6,12,16H,1-2,7-10H2,(H,17,18);1H. The first kappa shape index (κ1) is 17.5. The van der Waals surface area contributed by atoms with Crippen molar-refractivity contribution < 1.29 is 9.53 Å². The molecule has 1 amide bonds. The molecule has 4 nitrogen and oxygen atoms in total. The Labute approximate surface area is 139 Å². The van der Waals surface area contributed by atoms with Gasteiger partial charge in [-0.1, -0.05) is 0 Å². The SMILES string of the molecule is Cl.O=C(CCCOc1ccc(I)cc1)NC1CCNC1. The van der Waals surface area contributed by atoms with E-state index in [2.05, 4.69) is 33.2 Å². The van der Waals surface area contributed by atoms with Crippen molar-refractivity contribution in [3.05, 3.63) is 27.8 Å². The summed E-state index contributed by atoms with van der Waals surface area (Å²) in [5.74, 6) is 0.987. The van der Waals surface area contributed by atoms with Crippen molar-refractivity contribution in [1.29, 1.82) is 0 Å². The predicted molar refractivity (Wildman–Crippen MR) is 90.6 cm³/mol. The van der Waals surface area contributed by atoms with E-state index in [0.29, 0.717) is 19.1 Å². The number of hydrogen-bond donors (Lipinski definition) is 2. The van der Waals surface area contributed by atoms with E-state index in [1.807, 2.05) is 24.3 Å². The number of rotatable bonds is 6. The molecule has 1 saturated heterocycles. The summed E-state index contributed by atoms with van der Waals surface area (Å²) in [7, 11) is 0. The smallest absolute Gasteiger partial charge is 0.220 e. The lowest BCUT2D eigenvalue weighted by Crippen LogP contribution is -2.36. The third kappa shape index (κ3) is 6.28. The van der Waals surface area contributed by atoms with Gasteiger partial charge in [0, 0.05) is 22.6 Å². The fraction of sp³-hybridized carbons (Fsp3) is 0.500. The van der Waals surface area contributed by atoms with E-state index in [-0.39, 0.29) is 18.3 Å². The van der Waals surface area contributed by atoms with Crippen LogP contribution in [0.15, 0.2) is 24.3 Å². The molecule has 0 spiro atoms. The number of carbonyl (C=O) groups excluding carboxylic acids is 1. The second-order valence-corrected chi connectivity index (χ2v) is 5.91. The summed E-state index contributed by atoms with van der Waals surface area (Å²) in [4.78, 5) is 11.7. The van der Waals surface area contributed by atoms with Gasteiger partial charge in [-0.15, -0.1) is 12.4 Å². The summed E-state index contributed by atoms with van der Waals surface area (Å²) in [5, 5.41) is 6.26. The first-order chi connectivity index (χ1) is 9.24. The Bertz CT molecular complexity index is 408. The third-order valence-corrected chi connectivity index (χ3v) is 3.78. The molecule has 2 rings (SSSR count). The first-order valence-corrected chi connectivity index (χ1v) is 7.70. The molecule has 1 heterocycles. The van der Waals surface area contributed by atoms with Gasteiger partial charge in [-0.05, 0) is 66.2 Å². The van der Waals surface area contributed by atoms with Crippen LogP contribution < -0.4 is 15.4 Å². The third-order valence-electron chi connectivity index (χ3n) is 3.06. The van der Waals surface area contributed by atoms with E-state index >= 15 is 0 Å². The summed E-state index contributed by atoms with van der Waals surface area (Å²) in [6, 6.07) is 8.23. The molecule has 112 valence electrons. The molecule has 0 aliphatic carbocycles. The second kappa shape index (κ2) is 9.41. The zero-order chi connectivity index (χ0) is 13.5. The topological polar surface area (TPSA) is 50.4 Å². The fourth-order valence-corrected chi connectivity index (χ4v) is 2.39. The van der Waals surface area contributed by atoms with E-state index in [1.165, 1.54) is 3.57 Å². The van der Waals surface area contributed by atoms with Crippen LogP contribution in [0.2, 0.25) is 0 Å². The average Bonchev–Trinajstić information content (AvgIpc) is 2.89. The molecule has 1 aromatic rings. The first-order valence-electron chi connectivity index (χ1n) is 6.62. The molecule has 0 aromatic heterocycles. The molecule has 0 bridgehead atoms. The highest BCUT2D eigenvalue weighted by Crippen LogP contribution is 2.13. The Morgan fingerprint density at radius 2 is 2.15 bits per heavy atom. The van der Waals surface area contributed by atoms with Gasteiger partial charge in [0.2, 0.25) is 5.91 Å². The van der Waals surface area contributed by atoms with Gasteiger partial charge in [0.15, 0.2) is 0 Å². The summed E-state index contributed by atoms with van der Waals surface area (Å²) < 4.78 is 6.78. The van der Waals surface area contributed by atoms with Crippen LogP contribution in [0.5, 0.6) is 5.75 Å². The van der Waals surface area contributed by atoms with Gasteiger partial charge in [-0.2, -0.15) is 0 Å². The minimum atomic E-state index is 0. The zero-order valence-electron chi connectivity index (χ0n) is 11.2. The maximum Gasteiger partial charge on any atom is 0.220 e. The number of carbonyl (C=O) groups is 1. The number of hydrogen-bond acceptors (Lipinski definition) is 3. The monoisotopic (exact) mass is 410 g/mol. The van der Waals surface area contributed by atoms with Crippen molar-refractivity contribution in [1.82, 2.24) is 10.6 Å². The molecule has 2 N–H and O–H groups in total. The predicted octanol–water partition coefficient (Wildman–Crippen LogP) is 2.35. The lowest BCUT2D eigenvalue weighted by molar-refractivity contribution is -0.121.